The largest absolute Gasteiger partial charge is 0.350 e. The highest BCUT2D eigenvalue weighted by Crippen LogP contribution is 2.26. The van der Waals surface area contributed by atoms with Gasteiger partial charge in [-0.15, -0.1) is 0 Å². The van der Waals surface area contributed by atoms with Crippen molar-refractivity contribution < 1.29 is 14.3 Å². The number of carbonyl (C=O) groups is 1. The smallest absolute Gasteiger partial charge is 0.274 e. The summed E-state index contributed by atoms with van der Waals surface area (Å²) in [5, 5.41) is 7.08. The number of H-pyrrole nitrogens is 1. The lowest BCUT2D eigenvalue weighted by Crippen LogP contribution is -2.41. The molecule has 1 aromatic rings. The Labute approximate surface area is 124 Å². The first kappa shape index (κ1) is 14.5. The van der Waals surface area contributed by atoms with Gasteiger partial charge in [-0.05, 0) is 25.3 Å². The fraction of sp³-hybridized carbons (Fsp3) is 0.733. The number of rotatable bonds is 4. The minimum absolute atomic E-state index is 0.0281. The molecule has 0 atom stereocenters. The average Bonchev–Trinajstić information content (AvgIpc) is 3.19. The number of hydrogen-bond donors (Lipinski definition) is 1. The van der Waals surface area contributed by atoms with Gasteiger partial charge in [0.15, 0.2) is 6.29 Å². The second kappa shape index (κ2) is 6.58. The predicted molar refractivity (Wildman–Crippen MR) is 76.9 cm³/mol. The van der Waals surface area contributed by atoms with Gasteiger partial charge in [0.25, 0.3) is 5.91 Å². The Morgan fingerprint density at radius 1 is 1.38 bits per heavy atom. The first-order valence-electron chi connectivity index (χ1n) is 7.84. The lowest BCUT2D eigenvalue weighted by atomic mass is 9.96. The van der Waals surface area contributed by atoms with Crippen molar-refractivity contribution in [1.29, 1.82) is 0 Å². The summed E-state index contributed by atoms with van der Waals surface area (Å²) in [6.07, 6.45) is 3.77. The highest BCUT2D eigenvalue weighted by atomic mass is 16.7. The SMILES string of the molecule is CCCc1cc(C(=O)N2CCC(C3OCCO3)CC2)n[nH]1. The molecule has 0 unspecified atom stereocenters. The van der Waals surface area contributed by atoms with E-state index in [4.69, 9.17) is 9.47 Å². The lowest BCUT2D eigenvalue weighted by Gasteiger charge is -2.33. The number of hydrogen-bond acceptors (Lipinski definition) is 4. The molecule has 0 spiro atoms. The van der Waals surface area contributed by atoms with E-state index in [0.717, 1.165) is 44.5 Å². The molecule has 6 nitrogen and oxygen atoms in total. The molecule has 2 fully saturated rings. The minimum atomic E-state index is -0.0659. The van der Waals surface area contributed by atoms with E-state index in [0.29, 0.717) is 24.8 Å². The molecule has 21 heavy (non-hydrogen) atoms. The number of aromatic nitrogens is 2. The van der Waals surface area contributed by atoms with Crippen LogP contribution in [0.3, 0.4) is 0 Å². The molecular formula is C15H23N3O3. The molecule has 2 aliphatic rings. The number of nitrogens with zero attached hydrogens (tertiary/aromatic N) is 2. The molecule has 3 heterocycles. The van der Waals surface area contributed by atoms with Crippen molar-refractivity contribution in [3.05, 3.63) is 17.5 Å². The van der Waals surface area contributed by atoms with Gasteiger partial charge in [-0.1, -0.05) is 13.3 Å². The monoisotopic (exact) mass is 293 g/mol. The van der Waals surface area contributed by atoms with Gasteiger partial charge in [-0.3, -0.25) is 9.89 Å². The summed E-state index contributed by atoms with van der Waals surface area (Å²) >= 11 is 0. The van der Waals surface area contributed by atoms with Crippen LogP contribution in [0.25, 0.3) is 0 Å². The van der Waals surface area contributed by atoms with Crippen molar-refractivity contribution >= 4 is 5.91 Å². The zero-order valence-electron chi connectivity index (χ0n) is 12.5. The number of ether oxygens (including phenoxy) is 2. The summed E-state index contributed by atoms with van der Waals surface area (Å²) in [5.41, 5.74) is 1.56. The van der Waals surface area contributed by atoms with Crippen molar-refractivity contribution in [2.75, 3.05) is 26.3 Å². The van der Waals surface area contributed by atoms with Gasteiger partial charge in [-0.2, -0.15) is 5.10 Å². The van der Waals surface area contributed by atoms with Crippen molar-refractivity contribution in [3.8, 4) is 0 Å². The highest BCUT2D eigenvalue weighted by Gasteiger charge is 2.32. The van der Waals surface area contributed by atoms with Gasteiger partial charge in [-0.25, -0.2) is 0 Å². The van der Waals surface area contributed by atoms with Gasteiger partial charge >= 0.3 is 0 Å². The number of amides is 1. The maximum Gasteiger partial charge on any atom is 0.274 e. The Balaban J connectivity index is 1.54. The van der Waals surface area contributed by atoms with Gasteiger partial charge in [0.1, 0.15) is 5.69 Å². The summed E-state index contributed by atoms with van der Waals surface area (Å²) in [7, 11) is 0. The molecule has 1 amide bonds. The Morgan fingerprint density at radius 2 is 2.10 bits per heavy atom. The van der Waals surface area contributed by atoms with Crippen LogP contribution in [0.4, 0.5) is 0 Å². The normalized spacial score (nSPS) is 21.1. The third kappa shape index (κ3) is 3.27. The van der Waals surface area contributed by atoms with Crippen LogP contribution in [-0.2, 0) is 15.9 Å². The van der Waals surface area contributed by atoms with E-state index in [1.165, 1.54) is 0 Å². The quantitative estimate of drug-likeness (QED) is 0.915. The van der Waals surface area contributed by atoms with E-state index in [9.17, 15) is 4.79 Å². The van der Waals surface area contributed by atoms with Gasteiger partial charge < -0.3 is 14.4 Å². The number of piperidine rings is 1. The Morgan fingerprint density at radius 3 is 2.76 bits per heavy atom. The van der Waals surface area contributed by atoms with Crippen molar-refractivity contribution in [1.82, 2.24) is 15.1 Å². The molecule has 0 saturated carbocycles. The Bertz CT molecular complexity index is 474. The van der Waals surface area contributed by atoms with E-state index < -0.39 is 0 Å². The predicted octanol–water partition coefficient (Wildman–Crippen LogP) is 1.59. The van der Waals surface area contributed by atoms with Crippen LogP contribution in [0.2, 0.25) is 0 Å². The second-order valence-corrected chi connectivity index (χ2v) is 5.77. The van der Waals surface area contributed by atoms with E-state index in [2.05, 4.69) is 17.1 Å². The molecule has 2 aliphatic heterocycles. The van der Waals surface area contributed by atoms with E-state index >= 15 is 0 Å². The van der Waals surface area contributed by atoms with E-state index in [1.807, 2.05) is 11.0 Å². The van der Waals surface area contributed by atoms with Crippen LogP contribution in [0.1, 0.15) is 42.4 Å². The molecule has 1 N–H and O–H groups in total. The topological polar surface area (TPSA) is 67.5 Å². The third-order valence-corrected chi connectivity index (χ3v) is 4.23. The fourth-order valence-electron chi connectivity index (χ4n) is 3.05. The van der Waals surface area contributed by atoms with Crippen molar-refractivity contribution in [3.63, 3.8) is 0 Å². The number of carbonyl (C=O) groups excluding carboxylic acids is 1. The zero-order valence-corrected chi connectivity index (χ0v) is 12.5. The van der Waals surface area contributed by atoms with Crippen LogP contribution in [0.15, 0.2) is 6.07 Å². The fourth-order valence-corrected chi connectivity index (χ4v) is 3.05. The summed E-state index contributed by atoms with van der Waals surface area (Å²) in [5.74, 6) is 0.437. The number of likely N-dealkylation sites (tertiary alicyclic amines) is 1. The molecule has 116 valence electrons. The third-order valence-electron chi connectivity index (χ3n) is 4.23. The molecule has 3 rings (SSSR count). The molecule has 0 bridgehead atoms. The van der Waals surface area contributed by atoms with Gasteiger partial charge in [0.05, 0.1) is 13.2 Å². The molecular weight excluding hydrogens is 270 g/mol. The minimum Gasteiger partial charge on any atom is -0.350 e. The van der Waals surface area contributed by atoms with Gasteiger partial charge in [0, 0.05) is 24.7 Å². The van der Waals surface area contributed by atoms with Crippen LogP contribution in [-0.4, -0.2) is 53.6 Å². The standard InChI is InChI=1S/C15H23N3O3/c1-2-3-12-10-13(17-16-12)14(19)18-6-4-11(5-7-18)15-20-8-9-21-15/h10-11,15H,2-9H2,1H3,(H,16,17). The lowest BCUT2D eigenvalue weighted by molar-refractivity contribution is -0.0956. The molecule has 0 radical (unpaired) electrons. The first-order chi connectivity index (χ1) is 10.3. The molecule has 1 aromatic heterocycles. The van der Waals surface area contributed by atoms with E-state index in [1.54, 1.807) is 0 Å². The summed E-state index contributed by atoms with van der Waals surface area (Å²) in [6.45, 7) is 5.00. The summed E-state index contributed by atoms with van der Waals surface area (Å²) in [4.78, 5) is 14.3. The maximum atomic E-state index is 12.4. The average molecular weight is 293 g/mol. The van der Waals surface area contributed by atoms with Crippen molar-refractivity contribution in [2.24, 2.45) is 5.92 Å². The molecule has 6 heteroatoms. The Kier molecular flexibility index (Phi) is 4.55. The maximum absolute atomic E-state index is 12.4. The first-order valence-corrected chi connectivity index (χ1v) is 7.84. The van der Waals surface area contributed by atoms with E-state index in [-0.39, 0.29) is 12.2 Å². The number of nitrogens with one attached hydrogen (secondary N) is 1. The molecule has 2 saturated heterocycles. The van der Waals surface area contributed by atoms with Crippen LogP contribution < -0.4 is 0 Å². The zero-order chi connectivity index (χ0) is 14.7. The van der Waals surface area contributed by atoms with Gasteiger partial charge in [0.2, 0.25) is 0 Å². The summed E-state index contributed by atoms with van der Waals surface area (Å²) in [6, 6.07) is 1.88. The molecule has 0 aliphatic carbocycles. The molecule has 0 aromatic carbocycles. The number of aryl methyl sites for hydroxylation is 1. The highest BCUT2D eigenvalue weighted by molar-refractivity contribution is 5.92. The van der Waals surface area contributed by atoms with Crippen LogP contribution in [0.5, 0.6) is 0 Å². The number of aromatic amines is 1. The van der Waals surface area contributed by atoms with Crippen LogP contribution >= 0.6 is 0 Å². The Hall–Kier alpha value is -1.40. The van der Waals surface area contributed by atoms with Crippen molar-refractivity contribution in [2.45, 2.75) is 38.9 Å². The van der Waals surface area contributed by atoms with Crippen LogP contribution in [0, 0.1) is 5.92 Å². The second-order valence-electron chi connectivity index (χ2n) is 5.77. The summed E-state index contributed by atoms with van der Waals surface area (Å²) < 4.78 is 11.1.